The van der Waals surface area contributed by atoms with Crippen LogP contribution in [0.4, 0.5) is 0 Å². The summed E-state index contributed by atoms with van der Waals surface area (Å²) in [6.07, 6.45) is 8.50. The number of nitrogens with zero attached hydrogens (tertiary/aromatic N) is 2. The number of halogens is 1. The summed E-state index contributed by atoms with van der Waals surface area (Å²) in [6, 6.07) is 9.26. The lowest BCUT2D eigenvalue weighted by Crippen LogP contribution is -2.42. The van der Waals surface area contributed by atoms with Gasteiger partial charge in [0.2, 0.25) is 0 Å². The maximum Gasteiger partial charge on any atom is 0.191 e. The van der Waals surface area contributed by atoms with Crippen molar-refractivity contribution >= 4 is 39.8 Å². The summed E-state index contributed by atoms with van der Waals surface area (Å²) in [5.74, 6) is 0.908. The lowest BCUT2D eigenvalue weighted by molar-refractivity contribution is 0.184. The second kappa shape index (κ2) is 14.3. The van der Waals surface area contributed by atoms with E-state index in [9.17, 15) is 8.42 Å². The molecular weight excluding hydrogens is 523 g/mol. The molecule has 0 heterocycles. The minimum Gasteiger partial charge on any atom is -0.357 e. The number of benzene rings is 1. The van der Waals surface area contributed by atoms with Gasteiger partial charge in [0.05, 0.1) is 12.3 Å². The van der Waals surface area contributed by atoms with Gasteiger partial charge in [0, 0.05) is 31.4 Å². The number of rotatable bonds is 10. The smallest absolute Gasteiger partial charge is 0.191 e. The number of hydrogen-bond acceptors (Lipinski definition) is 4. The van der Waals surface area contributed by atoms with Crippen LogP contribution in [0.25, 0.3) is 0 Å². The molecule has 2 rings (SSSR count). The highest BCUT2D eigenvalue weighted by Gasteiger charge is 2.18. The second-order valence-corrected chi connectivity index (χ2v) is 10.9. The SMILES string of the molecule is CCNC(=NCc1ccccc1CN(C)C1CCCCC1)NC(C)CCS(C)(=O)=O.I. The van der Waals surface area contributed by atoms with Crippen LogP contribution in [0.1, 0.15) is 63.5 Å². The van der Waals surface area contributed by atoms with Crippen LogP contribution in [0.15, 0.2) is 29.3 Å². The molecule has 0 aromatic heterocycles. The average molecular weight is 565 g/mol. The topological polar surface area (TPSA) is 73.8 Å². The first kappa shape index (κ1) is 28.2. The summed E-state index contributed by atoms with van der Waals surface area (Å²) in [4.78, 5) is 7.27. The van der Waals surface area contributed by atoms with Gasteiger partial charge in [-0.25, -0.2) is 13.4 Å². The van der Waals surface area contributed by atoms with E-state index in [0.29, 0.717) is 19.0 Å². The van der Waals surface area contributed by atoms with Crippen LogP contribution in [-0.4, -0.2) is 57.0 Å². The van der Waals surface area contributed by atoms with Crippen molar-refractivity contribution in [2.24, 2.45) is 4.99 Å². The zero-order valence-electron chi connectivity index (χ0n) is 19.6. The Morgan fingerprint density at radius 1 is 1.19 bits per heavy atom. The summed E-state index contributed by atoms with van der Waals surface area (Å²) < 4.78 is 22.8. The maximum atomic E-state index is 11.4. The number of hydrogen-bond donors (Lipinski definition) is 2. The van der Waals surface area contributed by atoms with E-state index in [1.165, 1.54) is 49.5 Å². The highest BCUT2D eigenvalue weighted by molar-refractivity contribution is 14.0. The number of nitrogens with one attached hydrogen (secondary N) is 2. The van der Waals surface area contributed by atoms with Crippen molar-refractivity contribution in [2.75, 3.05) is 25.6 Å². The molecule has 1 aromatic carbocycles. The highest BCUT2D eigenvalue weighted by Crippen LogP contribution is 2.23. The number of sulfone groups is 1. The molecule has 31 heavy (non-hydrogen) atoms. The largest absolute Gasteiger partial charge is 0.357 e. The van der Waals surface area contributed by atoms with Crippen molar-refractivity contribution in [3.05, 3.63) is 35.4 Å². The Kier molecular flexibility index (Phi) is 13.0. The van der Waals surface area contributed by atoms with Crippen molar-refractivity contribution in [1.29, 1.82) is 0 Å². The Hall–Kier alpha value is -0.870. The third-order valence-electron chi connectivity index (χ3n) is 5.79. The Morgan fingerprint density at radius 3 is 2.45 bits per heavy atom. The van der Waals surface area contributed by atoms with Gasteiger partial charge in [0.1, 0.15) is 9.84 Å². The van der Waals surface area contributed by atoms with E-state index in [1.807, 2.05) is 13.8 Å². The number of guanidine groups is 1. The summed E-state index contributed by atoms with van der Waals surface area (Å²) in [6.45, 7) is 6.33. The first-order chi connectivity index (χ1) is 14.3. The molecule has 178 valence electrons. The van der Waals surface area contributed by atoms with E-state index >= 15 is 0 Å². The van der Waals surface area contributed by atoms with Crippen LogP contribution in [0.5, 0.6) is 0 Å². The molecule has 0 bridgehead atoms. The van der Waals surface area contributed by atoms with E-state index in [4.69, 9.17) is 4.99 Å². The summed E-state index contributed by atoms with van der Waals surface area (Å²) >= 11 is 0. The fourth-order valence-corrected chi connectivity index (χ4v) is 4.75. The lowest BCUT2D eigenvalue weighted by Gasteiger charge is -2.31. The molecule has 0 saturated heterocycles. The van der Waals surface area contributed by atoms with Crippen molar-refractivity contribution in [2.45, 2.75) is 77.5 Å². The molecule has 0 amide bonds. The molecule has 1 saturated carbocycles. The van der Waals surface area contributed by atoms with E-state index in [1.54, 1.807) is 0 Å². The third-order valence-corrected chi connectivity index (χ3v) is 6.77. The monoisotopic (exact) mass is 564 g/mol. The number of aliphatic imine (C=N–C) groups is 1. The summed E-state index contributed by atoms with van der Waals surface area (Å²) in [7, 11) is -0.713. The fraction of sp³-hybridized carbons (Fsp3) is 0.696. The Bertz CT molecular complexity index is 780. The quantitative estimate of drug-likeness (QED) is 0.256. The van der Waals surface area contributed by atoms with E-state index < -0.39 is 9.84 Å². The van der Waals surface area contributed by atoms with Gasteiger partial charge in [0.25, 0.3) is 0 Å². The molecule has 1 aliphatic carbocycles. The molecule has 1 aromatic rings. The van der Waals surface area contributed by atoms with Crippen LogP contribution in [0, 0.1) is 0 Å². The standard InChI is InChI=1S/C23H40N4O2S.HI/c1-5-24-23(26-19(2)15-16-30(4,28)29)25-17-20-11-9-10-12-21(20)18-27(3)22-13-7-6-8-14-22;/h9-12,19,22H,5-8,13-18H2,1-4H3,(H2,24,25,26);1H. The maximum absolute atomic E-state index is 11.4. The summed E-state index contributed by atoms with van der Waals surface area (Å²) in [5, 5.41) is 6.61. The van der Waals surface area contributed by atoms with Crippen LogP contribution < -0.4 is 10.6 Å². The first-order valence-electron chi connectivity index (χ1n) is 11.3. The Morgan fingerprint density at radius 2 is 1.84 bits per heavy atom. The van der Waals surface area contributed by atoms with Gasteiger partial charge in [-0.2, -0.15) is 0 Å². The summed E-state index contributed by atoms with van der Waals surface area (Å²) in [5.41, 5.74) is 2.57. The third kappa shape index (κ3) is 11.0. The van der Waals surface area contributed by atoms with Crippen molar-refractivity contribution < 1.29 is 8.42 Å². The van der Waals surface area contributed by atoms with Gasteiger partial charge in [-0.1, -0.05) is 43.5 Å². The average Bonchev–Trinajstić information content (AvgIpc) is 2.72. The van der Waals surface area contributed by atoms with Crippen molar-refractivity contribution in [3.8, 4) is 0 Å². The predicted molar refractivity (Wildman–Crippen MR) is 142 cm³/mol. The zero-order valence-corrected chi connectivity index (χ0v) is 22.7. The first-order valence-corrected chi connectivity index (χ1v) is 13.3. The molecule has 1 atom stereocenters. The van der Waals surface area contributed by atoms with E-state index in [-0.39, 0.29) is 35.8 Å². The molecule has 0 radical (unpaired) electrons. The van der Waals surface area contributed by atoms with Gasteiger partial charge in [-0.3, -0.25) is 4.90 Å². The molecule has 1 aliphatic rings. The van der Waals surface area contributed by atoms with Crippen LogP contribution in [0.3, 0.4) is 0 Å². The molecule has 0 spiro atoms. The normalized spacial score (nSPS) is 16.6. The Labute approximate surface area is 206 Å². The van der Waals surface area contributed by atoms with E-state index in [0.717, 1.165) is 19.0 Å². The van der Waals surface area contributed by atoms with Crippen molar-refractivity contribution in [1.82, 2.24) is 15.5 Å². The molecule has 8 heteroatoms. The van der Waals surface area contributed by atoms with Gasteiger partial charge >= 0.3 is 0 Å². The fourth-order valence-electron chi connectivity index (χ4n) is 3.97. The Balaban J connectivity index is 0.00000480. The lowest BCUT2D eigenvalue weighted by atomic mass is 9.94. The molecule has 0 aliphatic heterocycles. The molecule has 1 unspecified atom stereocenters. The van der Waals surface area contributed by atoms with Gasteiger partial charge < -0.3 is 10.6 Å². The van der Waals surface area contributed by atoms with Crippen LogP contribution in [0.2, 0.25) is 0 Å². The van der Waals surface area contributed by atoms with E-state index in [2.05, 4.69) is 46.8 Å². The predicted octanol–water partition coefficient (Wildman–Crippen LogP) is 3.95. The van der Waals surface area contributed by atoms with Gasteiger partial charge in [0.15, 0.2) is 5.96 Å². The minimum atomic E-state index is -2.95. The van der Waals surface area contributed by atoms with Crippen LogP contribution in [-0.2, 0) is 22.9 Å². The van der Waals surface area contributed by atoms with Crippen LogP contribution >= 0.6 is 24.0 Å². The van der Waals surface area contributed by atoms with Gasteiger partial charge in [-0.05, 0) is 51.3 Å². The molecule has 2 N–H and O–H groups in total. The molecule has 6 nitrogen and oxygen atoms in total. The minimum absolute atomic E-state index is 0. The molecular formula is C23H41IN4O2S. The second-order valence-electron chi connectivity index (χ2n) is 8.63. The van der Waals surface area contributed by atoms with Crippen molar-refractivity contribution in [3.63, 3.8) is 0 Å². The van der Waals surface area contributed by atoms with Gasteiger partial charge in [-0.15, -0.1) is 24.0 Å². The highest BCUT2D eigenvalue weighted by atomic mass is 127. The molecule has 1 fully saturated rings. The zero-order chi connectivity index (χ0) is 22.0.